The number of benzene rings is 1. The standard InChI is InChI=1S/C16H24FN3/c1-13-14(6-7-18-13)12-19-8-10-20(11-9-19)16-5-3-2-4-15(16)17/h2-5,13-14,18H,6-12H2,1H3. The summed E-state index contributed by atoms with van der Waals surface area (Å²) in [6.07, 6.45) is 1.29. The van der Waals surface area contributed by atoms with Crippen molar-refractivity contribution in [1.29, 1.82) is 0 Å². The van der Waals surface area contributed by atoms with Gasteiger partial charge in [-0.25, -0.2) is 4.39 Å². The van der Waals surface area contributed by atoms with Gasteiger partial charge in [0.15, 0.2) is 0 Å². The van der Waals surface area contributed by atoms with E-state index in [1.54, 1.807) is 12.1 Å². The van der Waals surface area contributed by atoms with E-state index in [4.69, 9.17) is 0 Å². The molecule has 2 aliphatic rings. The molecular weight excluding hydrogens is 253 g/mol. The highest BCUT2D eigenvalue weighted by atomic mass is 19.1. The van der Waals surface area contributed by atoms with Gasteiger partial charge >= 0.3 is 0 Å². The Bertz CT molecular complexity index is 443. The summed E-state index contributed by atoms with van der Waals surface area (Å²) >= 11 is 0. The number of hydrogen-bond acceptors (Lipinski definition) is 3. The molecule has 4 heteroatoms. The second-order valence-corrected chi connectivity index (χ2v) is 6.03. The number of anilines is 1. The molecular formula is C16H24FN3. The fourth-order valence-electron chi connectivity index (χ4n) is 3.37. The highest BCUT2D eigenvalue weighted by Crippen LogP contribution is 2.22. The van der Waals surface area contributed by atoms with Gasteiger partial charge in [0.1, 0.15) is 5.82 Å². The van der Waals surface area contributed by atoms with Crippen LogP contribution in [0.3, 0.4) is 0 Å². The number of piperazine rings is 1. The molecule has 2 atom stereocenters. The smallest absolute Gasteiger partial charge is 0.146 e. The molecule has 0 bridgehead atoms. The van der Waals surface area contributed by atoms with Crippen molar-refractivity contribution in [3.8, 4) is 0 Å². The number of rotatable bonds is 3. The lowest BCUT2D eigenvalue weighted by molar-refractivity contribution is 0.212. The molecule has 0 aromatic heterocycles. The van der Waals surface area contributed by atoms with Crippen LogP contribution in [0.5, 0.6) is 0 Å². The molecule has 0 amide bonds. The second-order valence-electron chi connectivity index (χ2n) is 6.03. The van der Waals surface area contributed by atoms with E-state index >= 15 is 0 Å². The lowest BCUT2D eigenvalue weighted by Crippen LogP contribution is -2.48. The van der Waals surface area contributed by atoms with Gasteiger partial charge in [0.05, 0.1) is 5.69 Å². The summed E-state index contributed by atoms with van der Waals surface area (Å²) in [4.78, 5) is 4.70. The third-order valence-electron chi connectivity index (χ3n) is 4.75. The highest BCUT2D eigenvalue weighted by molar-refractivity contribution is 5.47. The molecule has 3 nitrogen and oxygen atoms in total. The molecule has 20 heavy (non-hydrogen) atoms. The Kier molecular flexibility index (Phi) is 4.22. The van der Waals surface area contributed by atoms with Crippen molar-refractivity contribution < 1.29 is 4.39 Å². The Balaban J connectivity index is 1.53. The van der Waals surface area contributed by atoms with Gasteiger partial charge in [0.2, 0.25) is 0 Å². The summed E-state index contributed by atoms with van der Waals surface area (Å²) in [5, 5.41) is 3.51. The molecule has 2 heterocycles. The molecule has 1 aromatic carbocycles. The first-order chi connectivity index (χ1) is 9.74. The van der Waals surface area contributed by atoms with Crippen LogP contribution in [0.25, 0.3) is 0 Å². The lowest BCUT2D eigenvalue weighted by atomic mass is 10.0. The summed E-state index contributed by atoms with van der Waals surface area (Å²) in [7, 11) is 0. The van der Waals surface area contributed by atoms with E-state index in [0.717, 1.165) is 44.3 Å². The SMILES string of the molecule is CC1NCCC1CN1CCN(c2ccccc2F)CC1. The van der Waals surface area contributed by atoms with Crippen LogP contribution in [-0.2, 0) is 0 Å². The zero-order chi connectivity index (χ0) is 13.9. The number of nitrogens with one attached hydrogen (secondary N) is 1. The molecule has 110 valence electrons. The van der Waals surface area contributed by atoms with Gasteiger partial charge in [0.25, 0.3) is 0 Å². The van der Waals surface area contributed by atoms with E-state index in [1.807, 2.05) is 12.1 Å². The summed E-state index contributed by atoms with van der Waals surface area (Å²) in [5.41, 5.74) is 0.753. The monoisotopic (exact) mass is 277 g/mol. The summed E-state index contributed by atoms with van der Waals surface area (Å²) in [6, 6.07) is 7.74. The minimum atomic E-state index is -0.102. The van der Waals surface area contributed by atoms with Crippen molar-refractivity contribution >= 4 is 5.69 Å². The zero-order valence-electron chi connectivity index (χ0n) is 12.2. The van der Waals surface area contributed by atoms with Gasteiger partial charge < -0.3 is 10.2 Å². The van der Waals surface area contributed by atoms with E-state index in [1.165, 1.54) is 13.0 Å². The van der Waals surface area contributed by atoms with Crippen LogP contribution >= 0.6 is 0 Å². The lowest BCUT2D eigenvalue weighted by Gasteiger charge is -2.37. The van der Waals surface area contributed by atoms with Crippen LogP contribution in [0.2, 0.25) is 0 Å². The largest absolute Gasteiger partial charge is 0.367 e. The molecule has 0 spiro atoms. The predicted octanol–water partition coefficient (Wildman–Crippen LogP) is 1.95. The third kappa shape index (κ3) is 2.96. The number of halogens is 1. The Labute approximate surface area is 120 Å². The molecule has 1 aromatic rings. The van der Waals surface area contributed by atoms with Crippen molar-refractivity contribution in [2.24, 2.45) is 5.92 Å². The minimum absolute atomic E-state index is 0.102. The maximum Gasteiger partial charge on any atom is 0.146 e. The predicted molar refractivity (Wildman–Crippen MR) is 80.6 cm³/mol. The Hall–Kier alpha value is -1.13. The topological polar surface area (TPSA) is 18.5 Å². The maximum atomic E-state index is 13.8. The van der Waals surface area contributed by atoms with Gasteiger partial charge in [-0.05, 0) is 37.9 Å². The van der Waals surface area contributed by atoms with Crippen LogP contribution in [0.4, 0.5) is 10.1 Å². The quantitative estimate of drug-likeness (QED) is 0.911. The van der Waals surface area contributed by atoms with E-state index < -0.39 is 0 Å². The van der Waals surface area contributed by atoms with E-state index in [9.17, 15) is 4.39 Å². The molecule has 1 N–H and O–H groups in total. The van der Waals surface area contributed by atoms with Gasteiger partial charge in [-0.1, -0.05) is 12.1 Å². The Morgan fingerprint density at radius 1 is 1.20 bits per heavy atom. The molecule has 0 radical (unpaired) electrons. The van der Waals surface area contributed by atoms with Gasteiger partial charge in [-0.15, -0.1) is 0 Å². The van der Waals surface area contributed by atoms with Gasteiger partial charge in [0, 0.05) is 38.8 Å². The molecule has 3 rings (SSSR count). The zero-order valence-corrected chi connectivity index (χ0v) is 12.2. The number of hydrogen-bond donors (Lipinski definition) is 1. The van der Waals surface area contributed by atoms with Crippen LogP contribution in [0.1, 0.15) is 13.3 Å². The number of nitrogens with zero attached hydrogens (tertiary/aromatic N) is 2. The first-order valence-corrected chi connectivity index (χ1v) is 7.69. The summed E-state index contributed by atoms with van der Waals surface area (Å²) in [6.45, 7) is 8.55. The fourth-order valence-corrected chi connectivity index (χ4v) is 3.37. The average molecular weight is 277 g/mol. The summed E-state index contributed by atoms with van der Waals surface area (Å²) < 4.78 is 13.8. The summed E-state index contributed by atoms with van der Waals surface area (Å²) in [5.74, 6) is 0.671. The first-order valence-electron chi connectivity index (χ1n) is 7.69. The van der Waals surface area contributed by atoms with E-state index in [-0.39, 0.29) is 5.82 Å². The molecule has 2 fully saturated rings. The van der Waals surface area contributed by atoms with E-state index in [0.29, 0.717) is 6.04 Å². The van der Waals surface area contributed by atoms with Crippen LogP contribution in [0, 0.1) is 11.7 Å². The second kappa shape index (κ2) is 6.10. The van der Waals surface area contributed by atoms with Crippen molar-refractivity contribution in [1.82, 2.24) is 10.2 Å². The van der Waals surface area contributed by atoms with E-state index in [2.05, 4.69) is 22.0 Å². The van der Waals surface area contributed by atoms with Crippen molar-refractivity contribution in [3.05, 3.63) is 30.1 Å². The van der Waals surface area contributed by atoms with Gasteiger partial charge in [-0.3, -0.25) is 4.90 Å². The van der Waals surface area contributed by atoms with Crippen molar-refractivity contribution in [3.63, 3.8) is 0 Å². The average Bonchev–Trinajstić information content (AvgIpc) is 2.86. The molecule has 0 saturated carbocycles. The van der Waals surface area contributed by atoms with Gasteiger partial charge in [-0.2, -0.15) is 0 Å². The molecule has 0 aliphatic carbocycles. The van der Waals surface area contributed by atoms with Crippen LogP contribution in [-0.4, -0.2) is 50.2 Å². The first kappa shape index (κ1) is 13.8. The maximum absolute atomic E-state index is 13.8. The van der Waals surface area contributed by atoms with Crippen LogP contribution < -0.4 is 10.2 Å². The Morgan fingerprint density at radius 2 is 1.95 bits per heavy atom. The molecule has 2 aliphatic heterocycles. The minimum Gasteiger partial charge on any atom is -0.367 e. The molecule has 2 saturated heterocycles. The van der Waals surface area contributed by atoms with Crippen molar-refractivity contribution in [2.75, 3.05) is 44.2 Å². The third-order valence-corrected chi connectivity index (χ3v) is 4.75. The molecule has 2 unspecified atom stereocenters. The van der Waals surface area contributed by atoms with Crippen molar-refractivity contribution in [2.45, 2.75) is 19.4 Å². The fraction of sp³-hybridized carbons (Fsp3) is 0.625. The van der Waals surface area contributed by atoms with Crippen LogP contribution in [0.15, 0.2) is 24.3 Å². The number of para-hydroxylation sites is 1. The normalized spacial score (nSPS) is 28.0. The Morgan fingerprint density at radius 3 is 2.60 bits per heavy atom. The highest BCUT2D eigenvalue weighted by Gasteiger charge is 2.27.